The van der Waals surface area contributed by atoms with Crippen LogP contribution in [-0.4, -0.2) is 56.5 Å². The van der Waals surface area contributed by atoms with E-state index >= 15 is 0 Å². The smallest absolute Gasteiger partial charge is 0.329 e. The van der Waals surface area contributed by atoms with Gasteiger partial charge in [-0.2, -0.15) is 0 Å². The summed E-state index contributed by atoms with van der Waals surface area (Å²) >= 11 is 0. The van der Waals surface area contributed by atoms with E-state index in [0.29, 0.717) is 25.0 Å². The van der Waals surface area contributed by atoms with Gasteiger partial charge >= 0.3 is 13.6 Å². The van der Waals surface area contributed by atoms with Crippen molar-refractivity contribution in [1.29, 1.82) is 0 Å². The molecule has 0 aliphatic rings. The first-order valence-corrected chi connectivity index (χ1v) is 15.9. The number of esters is 1. The van der Waals surface area contributed by atoms with E-state index in [0.717, 1.165) is 6.42 Å². The monoisotopic (exact) mass is 521 g/mol. The molecule has 4 atom stereocenters. The number of rotatable bonds is 25. The molecule has 0 aromatic carbocycles. The van der Waals surface area contributed by atoms with Gasteiger partial charge in [0, 0.05) is 19.6 Å². The van der Waals surface area contributed by atoms with E-state index in [1.54, 1.807) is 14.0 Å². The Bertz CT molecular complexity index is 548. The summed E-state index contributed by atoms with van der Waals surface area (Å²) in [4.78, 5) is 21.6. The second-order valence-corrected chi connectivity index (χ2v) is 12.2. The van der Waals surface area contributed by atoms with Crippen LogP contribution in [0.2, 0.25) is 0 Å². The van der Waals surface area contributed by atoms with Gasteiger partial charge < -0.3 is 24.2 Å². The first-order chi connectivity index (χ1) is 16.7. The topological polar surface area (TPSA) is 94.1 Å². The van der Waals surface area contributed by atoms with Crippen molar-refractivity contribution in [2.75, 3.05) is 39.6 Å². The van der Waals surface area contributed by atoms with Crippen LogP contribution >= 0.6 is 7.60 Å². The summed E-state index contributed by atoms with van der Waals surface area (Å²) in [6, 6.07) is 0. The highest BCUT2D eigenvalue weighted by Crippen LogP contribution is 2.41. The summed E-state index contributed by atoms with van der Waals surface area (Å²) in [6.07, 6.45) is 15.6. The zero-order chi connectivity index (χ0) is 26.4. The highest BCUT2D eigenvalue weighted by Gasteiger charge is 2.23. The predicted octanol–water partition coefficient (Wildman–Crippen LogP) is 6.72. The van der Waals surface area contributed by atoms with Crippen LogP contribution in [0.5, 0.6) is 0 Å². The lowest BCUT2D eigenvalue weighted by Crippen LogP contribution is -2.29. The van der Waals surface area contributed by atoms with E-state index in [1.165, 1.54) is 70.6 Å². The quantitative estimate of drug-likeness (QED) is 0.0782. The number of nitrogens with one attached hydrogen (secondary N) is 1. The third-order valence-corrected chi connectivity index (χ3v) is 7.60. The van der Waals surface area contributed by atoms with Crippen LogP contribution in [0.1, 0.15) is 111 Å². The molecule has 0 aliphatic heterocycles. The van der Waals surface area contributed by atoms with Gasteiger partial charge in [-0.15, -0.1) is 0 Å². The van der Waals surface area contributed by atoms with Crippen molar-refractivity contribution in [2.24, 2.45) is 11.8 Å². The minimum atomic E-state index is -3.72. The Balaban J connectivity index is 4.05. The number of unbranched alkanes of at least 4 members (excludes halogenated alkanes) is 9. The molecule has 35 heavy (non-hydrogen) atoms. The molecule has 7 nitrogen and oxygen atoms in total. The van der Waals surface area contributed by atoms with Crippen molar-refractivity contribution < 1.29 is 28.3 Å². The van der Waals surface area contributed by atoms with Crippen molar-refractivity contribution in [3.63, 3.8) is 0 Å². The largest absolute Gasteiger partial charge is 0.457 e. The fourth-order valence-electron chi connectivity index (χ4n) is 4.16. The lowest BCUT2D eigenvalue weighted by atomic mass is 9.93. The Kier molecular flexibility index (Phi) is 22.4. The van der Waals surface area contributed by atoms with Gasteiger partial charge in [-0.05, 0) is 25.3 Å². The summed E-state index contributed by atoms with van der Waals surface area (Å²) in [5.41, 5.74) is 0. The molecule has 0 aromatic heterocycles. The lowest BCUT2D eigenvalue weighted by molar-refractivity contribution is -0.154. The highest BCUT2D eigenvalue weighted by molar-refractivity contribution is 7.52. The van der Waals surface area contributed by atoms with Gasteiger partial charge in [-0.1, -0.05) is 98.3 Å². The first-order valence-electron chi connectivity index (χ1n) is 14.1. The standard InChI is InChI=1S/C27H56NO6P/c1-6-8-9-10-11-12-13-14-15-16-17-24(3)20-25(4)21-32-22-26(34-27(29)7-2)23-33-35(30,31)19-18-28-5/h24-26,28H,6-23H2,1-5H3,(H,30,31). The SMILES string of the molecule is CCCCCCCCCCCCC(C)CC(C)COCC(COP(=O)(O)CCNC)OC(=O)CC. The van der Waals surface area contributed by atoms with E-state index in [4.69, 9.17) is 14.0 Å². The minimum absolute atomic E-state index is 0.00672. The molecule has 4 unspecified atom stereocenters. The summed E-state index contributed by atoms with van der Waals surface area (Å²) in [7, 11) is -2.01. The van der Waals surface area contributed by atoms with Gasteiger partial charge in [0.15, 0.2) is 0 Å². The number of hydrogen-bond donors (Lipinski definition) is 2. The molecule has 0 heterocycles. The molecule has 0 radical (unpaired) electrons. The first kappa shape index (κ1) is 34.5. The van der Waals surface area contributed by atoms with Crippen molar-refractivity contribution in [3.05, 3.63) is 0 Å². The summed E-state index contributed by atoms with van der Waals surface area (Å²) < 4.78 is 28.4. The number of carbonyl (C=O) groups excluding carboxylic acids is 1. The normalized spacial score (nSPS) is 15.9. The molecule has 0 aromatic rings. The highest BCUT2D eigenvalue weighted by atomic mass is 31.2. The average Bonchev–Trinajstić information content (AvgIpc) is 2.82. The maximum atomic E-state index is 12.1. The van der Waals surface area contributed by atoms with Gasteiger partial charge in [-0.3, -0.25) is 9.36 Å². The molecule has 0 amide bonds. The van der Waals surface area contributed by atoms with Gasteiger partial charge in [0.1, 0.15) is 6.10 Å². The Morgan fingerprint density at radius 1 is 0.886 bits per heavy atom. The van der Waals surface area contributed by atoms with Crippen molar-refractivity contribution in [3.8, 4) is 0 Å². The van der Waals surface area contributed by atoms with Crippen LogP contribution in [0, 0.1) is 11.8 Å². The van der Waals surface area contributed by atoms with Crippen LogP contribution in [0.15, 0.2) is 0 Å². The molecule has 0 spiro atoms. The molecule has 8 heteroatoms. The average molecular weight is 522 g/mol. The van der Waals surface area contributed by atoms with E-state index in [9.17, 15) is 14.3 Å². The molecule has 0 rings (SSSR count). The molecule has 0 saturated carbocycles. The molecule has 0 aliphatic carbocycles. The predicted molar refractivity (Wildman–Crippen MR) is 145 cm³/mol. The second-order valence-electron chi connectivity index (χ2n) is 10.2. The maximum absolute atomic E-state index is 12.1. The van der Waals surface area contributed by atoms with Crippen LogP contribution in [0.25, 0.3) is 0 Å². The second kappa shape index (κ2) is 22.7. The molecule has 2 N–H and O–H groups in total. The number of ether oxygens (including phenoxy) is 2. The molecule has 0 fully saturated rings. The molecule has 210 valence electrons. The zero-order valence-corrected chi connectivity index (χ0v) is 24.3. The Hall–Kier alpha value is -0.460. The maximum Gasteiger partial charge on any atom is 0.329 e. The third-order valence-electron chi connectivity index (χ3n) is 6.25. The van der Waals surface area contributed by atoms with Gasteiger partial charge in [0.25, 0.3) is 0 Å². The van der Waals surface area contributed by atoms with Crippen molar-refractivity contribution in [2.45, 2.75) is 117 Å². The lowest BCUT2D eigenvalue weighted by Gasteiger charge is -2.22. The van der Waals surface area contributed by atoms with Crippen molar-refractivity contribution >= 4 is 13.6 Å². The fraction of sp³-hybridized carbons (Fsp3) is 0.963. The molecule has 0 saturated heterocycles. The Morgan fingerprint density at radius 2 is 1.49 bits per heavy atom. The number of carbonyl (C=O) groups is 1. The molecule has 0 bridgehead atoms. The minimum Gasteiger partial charge on any atom is -0.457 e. The van der Waals surface area contributed by atoms with Crippen LogP contribution < -0.4 is 5.32 Å². The number of hydrogen-bond acceptors (Lipinski definition) is 6. The Labute approximate surface area is 216 Å². The van der Waals surface area contributed by atoms with E-state index < -0.39 is 13.7 Å². The van der Waals surface area contributed by atoms with Gasteiger partial charge in [0.05, 0.1) is 19.4 Å². The zero-order valence-electron chi connectivity index (χ0n) is 23.4. The van der Waals surface area contributed by atoms with Crippen LogP contribution in [0.3, 0.4) is 0 Å². The fourth-order valence-corrected chi connectivity index (χ4v) is 5.19. The van der Waals surface area contributed by atoms with E-state index in [1.807, 2.05) is 0 Å². The van der Waals surface area contributed by atoms with Crippen LogP contribution in [0.4, 0.5) is 0 Å². The van der Waals surface area contributed by atoms with Gasteiger partial charge in [-0.25, -0.2) is 0 Å². The molecular weight excluding hydrogens is 465 g/mol. The van der Waals surface area contributed by atoms with Crippen molar-refractivity contribution in [1.82, 2.24) is 5.32 Å². The summed E-state index contributed by atoms with van der Waals surface area (Å²) in [6.45, 7) is 9.43. The summed E-state index contributed by atoms with van der Waals surface area (Å²) in [5.74, 6) is 0.687. The Morgan fingerprint density at radius 3 is 2.06 bits per heavy atom. The van der Waals surface area contributed by atoms with Crippen LogP contribution in [-0.2, 0) is 23.4 Å². The molecular formula is C27H56NO6P. The summed E-state index contributed by atoms with van der Waals surface area (Å²) in [5, 5.41) is 2.82. The van der Waals surface area contributed by atoms with E-state index in [2.05, 4.69) is 26.1 Å². The third kappa shape index (κ3) is 22.5. The van der Waals surface area contributed by atoms with E-state index in [-0.39, 0.29) is 31.8 Å². The van der Waals surface area contributed by atoms with Gasteiger partial charge in [0.2, 0.25) is 0 Å².